The van der Waals surface area contributed by atoms with Crippen LogP contribution in [0.2, 0.25) is 0 Å². The topological polar surface area (TPSA) is 85.8 Å². The number of hydrogen-bond acceptors (Lipinski definition) is 3. The van der Waals surface area contributed by atoms with E-state index in [9.17, 15) is 9.59 Å². The van der Waals surface area contributed by atoms with Gasteiger partial charge >= 0.3 is 0 Å². The zero-order chi connectivity index (χ0) is 19.5. The highest BCUT2D eigenvalue weighted by atomic mass is 127. The average molecular weight is 501 g/mol. The Morgan fingerprint density at radius 1 is 1.07 bits per heavy atom. The zero-order valence-electron chi connectivity index (χ0n) is 16.8. The zero-order valence-corrected chi connectivity index (χ0v) is 19.1. The number of benzene rings is 1. The minimum absolute atomic E-state index is 0. The second kappa shape index (κ2) is 13.4. The fourth-order valence-electron chi connectivity index (χ4n) is 2.89. The number of amides is 2. The molecule has 1 heterocycles. The largest absolute Gasteiger partial charge is 0.357 e. The van der Waals surface area contributed by atoms with Crippen LogP contribution >= 0.6 is 24.0 Å². The second-order valence-electron chi connectivity index (χ2n) is 6.63. The fraction of sp³-hybridized carbons (Fsp3) is 0.550. The minimum atomic E-state index is 0. The third kappa shape index (κ3) is 8.45. The van der Waals surface area contributed by atoms with Crippen LogP contribution in [0.1, 0.15) is 45.1 Å². The molecule has 1 fully saturated rings. The van der Waals surface area contributed by atoms with Crippen molar-refractivity contribution in [2.24, 2.45) is 4.99 Å². The van der Waals surface area contributed by atoms with E-state index < -0.39 is 0 Å². The first-order chi connectivity index (χ1) is 13.1. The van der Waals surface area contributed by atoms with Crippen LogP contribution in [0.3, 0.4) is 0 Å². The predicted octanol–water partition coefficient (Wildman–Crippen LogP) is 2.72. The van der Waals surface area contributed by atoms with Gasteiger partial charge in [-0.05, 0) is 43.9 Å². The van der Waals surface area contributed by atoms with Crippen molar-refractivity contribution in [2.75, 3.05) is 31.5 Å². The number of hydrogen-bond donors (Lipinski definition) is 3. The average Bonchev–Trinajstić information content (AvgIpc) is 3.20. The van der Waals surface area contributed by atoms with Crippen LogP contribution in [0.5, 0.6) is 0 Å². The number of nitrogens with zero attached hydrogens (tertiary/aromatic N) is 2. The van der Waals surface area contributed by atoms with Gasteiger partial charge in [-0.15, -0.1) is 24.0 Å². The molecule has 8 heteroatoms. The molecule has 0 atom stereocenters. The van der Waals surface area contributed by atoms with Gasteiger partial charge in [-0.2, -0.15) is 0 Å². The van der Waals surface area contributed by atoms with Gasteiger partial charge in [-0.3, -0.25) is 9.59 Å². The van der Waals surface area contributed by atoms with E-state index in [0.29, 0.717) is 18.9 Å². The van der Waals surface area contributed by atoms with E-state index in [-0.39, 0.29) is 42.3 Å². The summed E-state index contributed by atoms with van der Waals surface area (Å²) >= 11 is 0. The Morgan fingerprint density at radius 2 is 1.75 bits per heavy atom. The molecule has 0 saturated carbocycles. The third-order valence-electron chi connectivity index (χ3n) is 4.34. The monoisotopic (exact) mass is 501 g/mol. The van der Waals surface area contributed by atoms with Crippen molar-refractivity contribution in [1.82, 2.24) is 15.5 Å². The van der Waals surface area contributed by atoms with Crippen LogP contribution in [-0.2, 0) is 16.1 Å². The number of nitrogens with one attached hydrogen (secondary N) is 3. The lowest BCUT2D eigenvalue weighted by molar-refractivity contribution is -0.128. The Morgan fingerprint density at radius 3 is 2.36 bits per heavy atom. The van der Waals surface area contributed by atoms with Crippen molar-refractivity contribution in [1.29, 1.82) is 0 Å². The van der Waals surface area contributed by atoms with Gasteiger partial charge in [0.05, 0.1) is 13.1 Å². The van der Waals surface area contributed by atoms with Crippen LogP contribution in [0.25, 0.3) is 0 Å². The molecule has 0 unspecified atom stereocenters. The Labute approximate surface area is 184 Å². The molecule has 0 radical (unpaired) electrons. The standard InChI is InChI=1S/C20H31N5O2.HI/c1-3-7-18(26)24-17-10-8-16(9-11-17)14-22-20(21-4-2)23-15-19(27)25-12-5-6-13-25;/h8-11H,3-7,12-15H2,1-2H3,(H,24,26)(H2,21,22,23);1H. The lowest BCUT2D eigenvalue weighted by atomic mass is 10.2. The summed E-state index contributed by atoms with van der Waals surface area (Å²) in [5.74, 6) is 0.778. The first kappa shape index (κ1) is 24.2. The SMILES string of the molecule is CCCC(=O)Nc1ccc(CN=C(NCC)NCC(=O)N2CCCC2)cc1.I. The van der Waals surface area contributed by atoms with Gasteiger partial charge in [0.15, 0.2) is 5.96 Å². The molecule has 1 aromatic rings. The number of anilines is 1. The number of aliphatic imine (C=N–C) groups is 1. The summed E-state index contributed by atoms with van der Waals surface area (Å²) < 4.78 is 0. The van der Waals surface area contributed by atoms with Gasteiger partial charge in [-0.1, -0.05) is 19.1 Å². The molecular weight excluding hydrogens is 469 g/mol. The third-order valence-corrected chi connectivity index (χ3v) is 4.34. The number of likely N-dealkylation sites (tertiary alicyclic amines) is 1. The summed E-state index contributed by atoms with van der Waals surface area (Å²) in [6.45, 7) is 7.17. The first-order valence-corrected chi connectivity index (χ1v) is 9.81. The summed E-state index contributed by atoms with van der Waals surface area (Å²) in [5.41, 5.74) is 1.83. The lowest BCUT2D eigenvalue weighted by Gasteiger charge is -2.17. The van der Waals surface area contributed by atoms with Gasteiger partial charge in [0.1, 0.15) is 0 Å². The van der Waals surface area contributed by atoms with E-state index >= 15 is 0 Å². The van der Waals surface area contributed by atoms with Crippen LogP contribution in [0.15, 0.2) is 29.3 Å². The second-order valence-corrected chi connectivity index (χ2v) is 6.63. The Balaban J connectivity index is 0.00000392. The molecule has 1 aliphatic rings. The van der Waals surface area contributed by atoms with Crippen molar-refractivity contribution in [2.45, 2.75) is 46.1 Å². The molecule has 0 aromatic heterocycles. The van der Waals surface area contributed by atoms with Gasteiger partial charge in [0, 0.05) is 31.7 Å². The van der Waals surface area contributed by atoms with Crippen molar-refractivity contribution in [3.05, 3.63) is 29.8 Å². The van der Waals surface area contributed by atoms with Crippen molar-refractivity contribution in [3.8, 4) is 0 Å². The number of carbonyl (C=O) groups is 2. The van der Waals surface area contributed by atoms with E-state index in [4.69, 9.17) is 0 Å². The van der Waals surface area contributed by atoms with E-state index in [1.165, 1.54) is 0 Å². The van der Waals surface area contributed by atoms with E-state index in [1.807, 2.05) is 43.0 Å². The van der Waals surface area contributed by atoms with Crippen molar-refractivity contribution >= 4 is 47.4 Å². The van der Waals surface area contributed by atoms with Gasteiger partial charge < -0.3 is 20.9 Å². The van der Waals surface area contributed by atoms with Crippen LogP contribution in [0.4, 0.5) is 5.69 Å². The molecule has 0 bridgehead atoms. The molecule has 0 aliphatic carbocycles. The molecule has 1 aliphatic heterocycles. The Bertz CT molecular complexity index is 643. The summed E-state index contributed by atoms with van der Waals surface area (Å²) in [4.78, 5) is 30.2. The maximum absolute atomic E-state index is 12.1. The summed E-state index contributed by atoms with van der Waals surface area (Å²) in [6, 6.07) is 7.67. The number of guanidine groups is 1. The molecule has 2 rings (SSSR count). The molecule has 3 N–H and O–H groups in total. The maximum Gasteiger partial charge on any atom is 0.241 e. The van der Waals surface area contributed by atoms with Crippen LogP contribution in [-0.4, -0.2) is 48.9 Å². The molecule has 1 aromatic carbocycles. The molecule has 2 amide bonds. The molecule has 1 saturated heterocycles. The minimum Gasteiger partial charge on any atom is -0.357 e. The molecule has 0 spiro atoms. The smallest absolute Gasteiger partial charge is 0.241 e. The Kier molecular flexibility index (Phi) is 11.5. The summed E-state index contributed by atoms with van der Waals surface area (Å²) in [5, 5.41) is 9.14. The number of halogens is 1. The maximum atomic E-state index is 12.1. The van der Waals surface area contributed by atoms with Crippen LogP contribution in [0, 0.1) is 0 Å². The first-order valence-electron chi connectivity index (χ1n) is 9.81. The fourth-order valence-corrected chi connectivity index (χ4v) is 2.89. The predicted molar refractivity (Wildman–Crippen MR) is 124 cm³/mol. The van der Waals surface area contributed by atoms with Gasteiger partial charge in [-0.25, -0.2) is 4.99 Å². The normalized spacial score (nSPS) is 13.6. The quantitative estimate of drug-likeness (QED) is 0.291. The van der Waals surface area contributed by atoms with Crippen molar-refractivity contribution < 1.29 is 9.59 Å². The van der Waals surface area contributed by atoms with Gasteiger partial charge in [0.2, 0.25) is 11.8 Å². The summed E-state index contributed by atoms with van der Waals surface area (Å²) in [6.07, 6.45) is 3.54. The number of rotatable bonds is 8. The molecule has 28 heavy (non-hydrogen) atoms. The van der Waals surface area contributed by atoms with Crippen LogP contribution < -0.4 is 16.0 Å². The molecule has 7 nitrogen and oxygen atoms in total. The molecular formula is C20H32IN5O2. The lowest BCUT2D eigenvalue weighted by Crippen LogP contribution is -2.44. The van der Waals surface area contributed by atoms with E-state index in [1.54, 1.807) is 0 Å². The Hall–Kier alpha value is -1.84. The number of carbonyl (C=O) groups excluding carboxylic acids is 2. The highest BCUT2D eigenvalue weighted by Crippen LogP contribution is 2.11. The van der Waals surface area contributed by atoms with E-state index in [0.717, 1.165) is 50.1 Å². The van der Waals surface area contributed by atoms with Crippen molar-refractivity contribution in [3.63, 3.8) is 0 Å². The summed E-state index contributed by atoms with van der Waals surface area (Å²) in [7, 11) is 0. The van der Waals surface area contributed by atoms with E-state index in [2.05, 4.69) is 20.9 Å². The molecule has 156 valence electrons. The highest BCUT2D eigenvalue weighted by molar-refractivity contribution is 14.0. The van der Waals surface area contributed by atoms with Gasteiger partial charge in [0.25, 0.3) is 0 Å². The highest BCUT2D eigenvalue weighted by Gasteiger charge is 2.17.